The summed E-state index contributed by atoms with van der Waals surface area (Å²) in [4.78, 5) is 19.2. The molecule has 3 heterocycles. The van der Waals surface area contributed by atoms with Crippen LogP contribution in [0, 0.1) is 12.8 Å². The normalized spacial score (nSPS) is 18.8. The lowest BCUT2D eigenvalue weighted by Gasteiger charge is -2.33. The van der Waals surface area contributed by atoms with Crippen LogP contribution in [0.5, 0.6) is 0 Å². The largest absolute Gasteiger partial charge is 0.374 e. The minimum Gasteiger partial charge on any atom is -0.374 e. The van der Waals surface area contributed by atoms with Crippen LogP contribution in [0.4, 0.5) is 0 Å². The fourth-order valence-electron chi connectivity index (χ4n) is 3.33. The van der Waals surface area contributed by atoms with Gasteiger partial charge >= 0.3 is 0 Å². The molecule has 0 spiro atoms. The number of nitrogens with zero attached hydrogens (tertiary/aromatic N) is 4. The first-order valence-electron chi connectivity index (χ1n) is 8.85. The first-order chi connectivity index (χ1) is 11.9. The minimum atomic E-state index is -0.123. The number of hydrogen-bond donors (Lipinski definition) is 1. The van der Waals surface area contributed by atoms with E-state index in [9.17, 15) is 4.79 Å². The van der Waals surface area contributed by atoms with Crippen molar-refractivity contribution < 1.29 is 9.53 Å². The number of nitrogens with one attached hydrogen (secondary N) is 1. The summed E-state index contributed by atoms with van der Waals surface area (Å²) in [6.45, 7) is 10.5. The van der Waals surface area contributed by atoms with Gasteiger partial charge < -0.3 is 10.1 Å². The highest BCUT2D eigenvalue weighted by atomic mass is 16.5. The fraction of sp³-hybridized carbons (Fsp3) is 0.611. The van der Waals surface area contributed by atoms with Crippen molar-refractivity contribution in [3.8, 4) is 0 Å². The van der Waals surface area contributed by atoms with E-state index < -0.39 is 0 Å². The van der Waals surface area contributed by atoms with Crippen molar-refractivity contribution in [2.45, 2.75) is 26.9 Å². The molecule has 7 nitrogen and oxygen atoms in total. The van der Waals surface area contributed by atoms with E-state index in [0.29, 0.717) is 18.0 Å². The zero-order valence-electron chi connectivity index (χ0n) is 15.5. The Bertz CT molecular complexity index is 755. The van der Waals surface area contributed by atoms with Gasteiger partial charge in [0.05, 0.1) is 24.0 Å². The van der Waals surface area contributed by atoms with E-state index in [0.717, 1.165) is 43.0 Å². The standard InChI is InChI=1S/C18H27N5O2/c1-12(2)10-23-5-6-25-15(11-23)9-20-18(24)14-7-16-13(3)21-22(4)17(16)19-8-14/h7-8,12,15H,5-6,9-11H2,1-4H3,(H,20,24). The van der Waals surface area contributed by atoms with E-state index in [-0.39, 0.29) is 12.0 Å². The molecule has 3 rings (SSSR count). The molecule has 7 heteroatoms. The quantitative estimate of drug-likeness (QED) is 0.886. The Labute approximate surface area is 148 Å². The molecule has 1 amide bonds. The number of rotatable bonds is 5. The summed E-state index contributed by atoms with van der Waals surface area (Å²) in [5, 5.41) is 8.22. The van der Waals surface area contributed by atoms with Gasteiger partial charge in [0.25, 0.3) is 5.91 Å². The van der Waals surface area contributed by atoms with Gasteiger partial charge in [-0.05, 0) is 18.9 Å². The van der Waals surface area contributed by atoms with Crippen molar-refractivity contribution >= 4 is 16.9 Å². The average molecular weight is 345 g/mol. The first kappa shape index (κ1) is 17.8. The zero-order chi connectivity index (χ0) is 18.0. The lowest BCUT2D eigenvalue weighted by molar-refractivity contribution is -0.0295. The van der Waals surface area contributed by atoms with Crippen LogP contribution in [0.15, 0.2) is 12.3 Å². The van der Waals surface area contributed by atoms with E-state index in [1.54, 1.807) is 10.9 Å². The molecule has 2 aromatic heterocycles. The van der Waals surface area contributed by atoms with Gasteiger partial charge in [-0.15, -0.1) is 0 Å². The van der Waals surface area contributed by atoms with Crippen molar-refractivity contribution in [2.75, 3.05) is 32.8 Å². The van der Waals surface area contributed by atoms with Crippen LogP contribution >= 0.6 is 0 Å². The topological polar surface area (TPSA) is 72.3 Å². The maximum absolute atomic E-state index is 12.5. The van der Waals surface area contributed by atoms with Crippen LogP contribution in [-0.2, 0) is 11.8 Å². The monoisotopic (exact) mass is 345 g/mol. The van der Waals surface area contributed by atoms with Crippen molar-refractivity contribution in [3.63, 3.8) is 0 Å². The van der Waals surface area contributed by atoms with Gasteiger partial charge in [0.15, 0.2) is 5.65 Å². The molecule has 0 bridgehead atoms. The predicted octanol–water partition coefficient (Wildman–Crippen LogP) is 1.36. The molecule has 1 saturated heterocycles. The van der Waals surface area contributed by atoms with Crippen LogP contribution in [0.1, 0.15) is 29.9 Å². The van der Waals surface area contributed by atoms with Crippen molar-refractivity contribution in [2.24, 2.45) is 13.0 Å². The van der Waals surface area contributed by atoms with Gasteiger partial charge in [-0.1, -0.05) is 13.8 Å². The van der Waals surface area contributed by atoms with Crippen LogP contribution in [0.25, 0.3) is 11.0 Å². The highest BCUT2D eigenvalue weighted by Crippen LogP contribution is 2.16. The number of ether oxygens (including phenoxy) is 1. The Morgan fingerprint density at radius 1 is 1.48 bits per heavy atom. The Balaban J connectivity index is 1.60. The molecule has 1 fully saturated rings. The smallest absolute Gasteiger partial charge is 0.252 e. The Hall–Kier alpha value is -1.99. The van der Waals surface area contributed by atoms with E-state index >= 15 is 0 Å². The second-order valence-electron chi connectivity index (χ2n) is 7.16. The van der Waals surface area contributed by atoms with Crippen molar-refractivity contribution in [3.05, 3.63) is 23.5 Å². The van der Waals surface area contributed by atoms with Gasteiger partial charge in [0, 0.05) is 44.8 Å². The summed E-state index contributed by atoms with van der Waals surface area (Å²) >= 11 is 0. The Morgan fingerprint density at radius 2 is 2.28 bits per heavy atom. The highest BCUT2D eigenvalue weighted by Gasteiger charge is 2.22. The molecular formula is C18H27N5O2. The van der Waals surface area contributed by atoms with Gasteiger partial charge in [0.2, 0.25) is 0 Å². The summed E-state index contributed by atoms with van der Waals surface area (Å²) in [7, 11) is 1.85. The van der Waals surface area contributed by atoms with Gasteiger partial charge in [-0.2, -0.15) is 5.10 Å². The van der Waals surface area contributed by atoms with Crippen LogP contribution in [0.3, 0.4) is 0 Å². The number of morpholine rings is 1. The zero-order valence-corrected chi connectivity index (χ0v) is 15.5. The SMILES string of the molecule is Cc1nn(C)c2ncc(C(=O)NCC3CN(CC(C)C)CCO3)cc12. The maximum Gasteiger partial charge on any atom is 0.252 e. The molecule has 1 unspecified atom stereocenters. The fourth-order valence-corrected chi connectivity index (χ4v) is 3.33. The Morgan fingerprint density at radius 3 is 3.04 bits per heavy atom. The van der Waals surface area contributed by atoms with Gasteiger partial charge in [0.1, 0.15) is 0 Å². The third-order valence-electron chi connectivity index (χ3n) is 4.46. The minimum absolute atomic E-state index is 0.0354. The van der Waals surface area contributed by atoms with Gasteiger partial charge in [-0.25, -0.2) is 4.98 Å². The Kier molecular flexibility index (Phi) is 5.34. The van der Waals surface area contributed by atoms with Crippen LogP contribution < -0.4 is 5.32 Å². The summed E-state index contributed by atoms with van der Waals surface area (Å²) in [6, 6.07) is 1.85. The number of carbonyl (C=O) groups is 1. The number of aryl methyl sites for hydroxylation is 2. The van der Waals surface area contributed by atoms with Crippen molar-refractivity contribution in [1.82, 2.24) is 25.0 Å². The maximum atomic E-state index is 12.5. The average Bonchev–Trinajstić information content (AvgIpc) is 2.86. The summed E-state index contributed by atoms with van der Waals surface area (Å²) in [6.07, 6.45) is 1.64. The lowest BCUT2D eigenvalue weighted by atomic mass is 10.1. The molecular weight excluding hydrogens is 318 g/mol. The van der Waals surface area contributed by atoms with Gasteiger partial charge in [-0.3, -0.25) is 14.4 Å². The molecule has 1 N–H and O–H groups in total. The summed E-state index contributed by atoms with van der Waals surface area (Å²) in [5.41, 5.74) is 2.21. The molecule has 1 atom stereocenters. The highest BCUT2D eigenvalue weighted by molar-refractivity contribution is 5.97. The first-order valence-corrected chi connectivity index (χ1v) is 8.85. The molecule has 0 aliphatic carbocycles. The molecule has 1 aliphatic heterocycles. The van der Waals surface area contributed by atoms with E-state index in [1.165, 1.54) is 0 Å². The summed E-state index contributed by atoms with van der Waals surface area (Å²) < 4.78 is 7.51. The molecule has 2 aromatic rings. The molecule has 0 radical (unpaired) electrons. The van der Waals surface area contributed by atoms with E-state index in [2.05, 4.69) is 34.1 Å². The number of fused-ring (bicyclic) bond motifs is 1. The predicted molar refractivity (Wildman–Crippen MR) is 96.6 cm³/mol. The lowest BCUT2D eigenvalue weighted by Crippen LogP contribution is -2.48. The van der Waals surface area contributed by atoms with Crippen LogP contribution in [-0.4, -0.2) is 64.5 Å². The second-order valence-corrected chi connectivity index (χ2v) is 7.16. The van der Waals surface area contributed by atoms with Crippen molar-refractivity contribution in [1.29, 1.82) is 0 Å². The van der Waals surface area contributed by atoms with E-state index in [4.69, 9.17) is 4.74 Å². The molecule has 136 valence electrons. The van der Waals surface area contributed by atoms with E-state index in [1.807, 2.05) is 20.0 Å². The molecule has 0 saturated carbocycles. The second kappa shape index (κ2) is 7.49. The number of carbonyl (C=O) groups excluding carboxylic acids is 1. The molecule has 25 heavy (non-hydrogen) atoms. The third kappa shape index (κ3) is 4.16. The van der Waals surface area contributed by atoms with Crippen LogP contribution in [0.2, 0.25) is 0 Å². The number of hydrogen-bond acceptors (Lipinski definition) is 5. The summed E-state index contributed by atoms with van der Waals surface area (Å²) in [5.74, 6) is 0.510. The number of pyridine rings is 1. The number of aromatic nitrogens is 3. The number of amides is 1. The molecule has 0 aromatic carbocycles. The molecule has 1 aliphatic rings. The third-order valence-corrected chi connectivity index (χ3v) is 4.46.